The lowest BCUT2D eigenvalue weighted by molar-refractivity contribution is -0.266. The summed E-state index contributed by atoms with van der Waals surface area (Å²) in [5, 5.41) is 62.8. The molecule has 1 aromatic rings. The molecule has 0 radical (unpaired) electrons. The molecule has 1 aromatic carbocycles. The van der Waals surface area contributed by atoms with Crippen LogP contribution in [0.25, 0.3) is 0 Å². The second kappa shape index (κ2) is 24.7. The van der Waals surface area contributed by atoms with Gasteiger partial charge >= 0.3 is 0 Å². The number of benzene rings is 1. The average Bonchev–Trinajstić information content (AvgIpc) is 3.01. The van der Waals surface area contributed by atoms with E-state index in [2.05, 4.69) is 12.2 Å². The van der Waals surface area contributed by atoms with E-state index in [0.717, 1.165) is 31.2 Å². The standard InChI is InChI=1S/C33H59NO9/c1-3-4-5-6-7-8-9-10-11-12-13-17-20-28(36)30(38)27(34-29(37)22-21-26-18-15-14-16-19-26)24-42-33(31(39)32(40)41)43-25(2)23-35/h14-16,18-19,25,27-28,30-33,35-36,38-41H,3-13,17,20-24H2,1-2H3,(H,34,37). The largest absolute Gasteiger partial charge is 0.394 e. The number of nitrogens with one attached hydrogen (secondary N) is 1. The van der Waals surface area contributed by atoms with Gasteiger partial charge in [0.1, 0.15) is 6.10 Å². The molecule has 0 fully saturated rings. The molecule has 0 saturated carbocycles. The summed E-state index contributed by atoms with van der Waals surface area (Å²) >= 11 is 0. The van der Waals surface area contributed by atoms with Crippen molar-refractivity contribution >= 4 is 5.91 Å². The zero-order valence-corrected chi connectivity index (χ0v) is 26.4. The first kappa shape index (κ1) is 39.4. The molecule has 10 nitrogen and oxygen atoms in total. The van der Waals surface area contributed by atoms with E-state index in [4.69, 9.17) is 9.47 Å². The van der Waals surface area contributed by atoms with E-state index >= 15 is 0 Å². The Morgan fingerprint density at radius 3 is 1.91 bits per heavy atom. The van der Waals surface area contributed by atoms with Crippen molar-refractivity contribution in [2.75, 3.05) is 13.2 Å². The highest BCUT2D eigenvalue weighted by Gasteiger charge is 2.33. The van der Waals surface area contributed by atoms with Crippen LogP contribution in [0.3, 0.4) is 0 Å². The quantitative estimate of drug-likeness (QED) is 0.0581. The maximum Gasteiger partial charge on any atom is 0.220 e. The number of ether oxygens (including phenoxy) is 2. The summed E-state index contributed by atoms with van der Waals surface area (Å²) in [5.74, 6) is -0.363. The Bertz CT molecular complexity index is 798. The lowest BCUT2D eigenvalue weighted by Gasteiger charge is -2.31. The number of rotatable bonds is 27. The van der Waals surface area contributed by atoms with Crippen LogP contribution in [0.2, 0.25) is 0 Å². The Hall–Kier alpha value is -1.63. The first-order valence-corrected chi connectivity index (χ1v) is 16.3. The van der Waals surface area contributed by atoms with E-state index in [0.29, 0.717) is 12.8 Å². The smallest absolute Gasteiger partial charge is 0.220 e. The Morgan fingerprint density at radius 2 is 1.37 bits per heavy atom. The molecule has 1 rings (SSSR count). The van der Waals surface area contributed by atoms with E-state index in [1.165, 1.54) is 58.3 Å². The third-order valence-electron chi connectivity index (χ3n) is 7.64. The molecule has 0 spiro atoms. The van der Waals surface area contributed by atoms with Crippen LogP contribution in [0.15, 0.2) is 30.3 Å². The van der Waals surface area contributed by atoms with E-state index in [9.17, 15) is 35.4 Å². The average molecular weight is 614 g/mol. The number of amides is 1. The van der Waals surface area contributed by atoms with Crippen LogP contribution < -0.4 is 5.32 Å². The molecular formula is C33H59NO9. The summed E-state index contributed by atoms with van der Waals surface area (Å²) in [5.41, 5.74) is 0.976. The first-order valence-electron chi connectivity index (χ1n) is 16.3. The minimum absolute atomic E-state index is 0.140. The molecule has 6 unspecified atom stereocenters. The topological polar surface area (TPSA) is 169 Å². The first-order chi connectivity index (χ1) is 20.7. The van der Waals surface area contributed by atoms with Crippen molar-refractivity contribution in [1.29, 1.82) is 0 Å². The van der Waals surface area contributed by atoms with Gasteiger partial charge in [0, 0.05) is 6.42 Å². The molecule has 0 bridgehead atoms. The summed E-state index contributed by atoms with van der Waals surface area (Å²) in [6.45, 7) is 2.93. The lowest BCUT2D eigenvalue weighted by Crippen LogP contribution is -2.53. The second-order valence-electron chi connectivity index (χ2n) is 11.6. The van der Waals surface area contributed by atoms with Crippen molar-refractivity contribution in [1.82, 2.24) is 5.32 Å². The van der Waals surface area contributed by atoms with Crippen LogP contribution in [-0.2, 0) is 20.7 Å². The number of hydrogen-bond donors (Lipinski definition) is 7. The monoisotopic (exact) mass is 613 g/mol. The highest BCUT2D eigenvalue weighted by atomic mass is 16.7. The van der Waals surface area contributed by atoms with Crippen LogP contribution in [0, 0.1) is 0 Å². The van der Waals surface area contributed by atoms with E-state index in [1.807, 2.05) is 30.3 Å². The second-order valence-corrected chi connectivity index (χ2v) is 11.6. The van der Waals surface area contributed by atoms with Gasteiger partial charge in [-0.1, -0.05) is 114 Å². The Morgan fingerprint density at radius 1 is 0.814 bits per heavy atom. The number of aliphatic hydroxyl groups is 6. The van der Waals surface area contributed by atoms with Gasteiger partial charge in [-0.2, -0.15) is 0 Å². The fraction of sp³-hybridized carbons (Fsp3) is 0.788. The molecule has 0 aliphatic carbocycles. The van der Waals surface area contributed by atoms with Gasteiger partial charge in [0.15, 0.2) is 18.7 Å². The van der Waals surface area contributed by atoms with Crippen LogP contribution in [0.4, 0.5) is 0 Å². The number of unbranched alkanes of at least 4 members (excludes halogenated alkanes) is 11. The molecule has 7 N–H and O–H groups in total. The molecule has 6 atom stereocenters. The number of aryl methyl sites for hydroxylation is 1. The number of carbonyl (C=O) groups excluding carboxylic acids is 1. The number of hydrogen-bond acceptors (Lipinski definition) is 9. The third kappa shape index (κ3) is 18.7. The number of aliphatic hydroxyl groups excluding tert-OH is 5. The van der Waals surface area contributed by atoms with Gasteiger partial charge in [-0.05, 0) is 25.3 Å². The van der Waals surface area contributed by atoms with Crippen molar-refractivity contribution < 1.29 is 44.9 Å². The Labute approximate surface area is 258 Å². The van der Waals surface area contributed by atoms with E-state index in [-0.39, 0.29) is 18.9 Å². The van der Waals surface area contributed by atoms with Crippen molar-refractivity contribution in [2.24, 2.45) is 0 Å². The van der Waals surface area contributed by atoms with Crippen LogP contribution in [-0.4, -0.2) is 92.8 Å². The summed E-state index contributed by atoms with van der Waals surface area (Å²) in [4.78, 5) is 12.8. The van der Waals surface area contributed by atoms with Crippen LogP contribution in [0.1, 0.15) is 109 Å². The Kier molecular flexibility index (Phi) is 22.6. The van der Waals surface area contributed by atoms with Crippen molar-refractivity contribution in [3.63, 3.8) is 0 Å². The summed E-state index contributed by atoms with van der Waals surface area (Å²) in [6, 6.07) is 8.41. The van der Waals surface area contributed by atoms with E-state index in [1.54, 1.807) is 0 Å². The van der Waals surface area contributed by atoms with Gasteiger partial charge in [-0.15, -0.1) is 0 Å². The van der Waals surface area contributed by atoms with Crippen LogP contribution >= 0.6 is 0 Å². The molecule has 250 valence electrons. The predicted molar refractivity (Wildman–Crippen MR) is 166 cm³/mol. The minimum atomic E-state index is -2.18. The SMILES string of the molecule is CCCCCCCCCCCCCCC(O)C(O)C(COC(OC(C)CO)C(O)C(O)O)NC(=O)CCc1ccccc1. The summed E-state index contributed by atoms with van der Waals surface area (Å²) in [7, 11) is 0. The van der Waals surface area contributed by atoms with Gasteiger partial charge in [-0.3, -0.25) is 4.79 Å². The third-order valence-corrected chi connectivity index (χ3v) is 7.64. The zero-order chi connectivity index (χ0) is 31.9. The zero-order valence-electron chi connectivity index (χ0n) is 26.4. The van der Waals surface area contributed by atoms with Gasteiger partial charge in [0.2, 0.25) is 5.91 Å². The van der Waals surface area contributed by atoms with Crippen LogP contribution in [0.5, 0.6) is 0 Å². The van der Waals surface area contributed by atoms with E-state index < -0.39 is 49.6 Å². The van der Waals surface area contributed by atoms with Crippen molar-refractivity contribution in [3.05, 3.63) is 35.9 Å². The van der Waals surface area contributed by atoms with Crippen molar-refractivity contribution in [2.45, 2.75) is 153 Å². The molecule has 43 heavy (non-hydrogen) atoms. The fourth-order valence-corrected chi connectivity index (χ4v) is 4.87. The highest BCUT2D eigenvalue weighted by Crippen LogP contribution is 2.16. The molecule has 0 aliphatic rings. The predicted octanol–water partition coefficient (Wildman–Crippen LogP) is 3.33. The summed E-state index contributed by atoms with van der Waals surface area (Å²) < 4.78 is 10.9. The lowest BCUT2D eigenvalue weighted by atomic mass is 9.99. The molecule has 10 heteroatoms. The Balaban J connectivity index is 2.62. The van der Waals surface area contributed by atoms with Gasteiger partial charge in [0.05, 0.1) is 31.5 Å². The summed E-state index contributed by atoms with van der Waals surface area (Å²) in [6.07, 6.45) is 6.22. The molecular weight excluding hydrogens is 554 g/mol. The molecule has 1 amide bonds. The minimum Gasteiger partial charge on any atom is -0.394 e. The molecule has 0 aliphatic heterocycles. The van der Waals surface area contributed by atoms with Crippen molar-refractivity contribution in [3.8, 4) is 0 Å². The maximum atomic E-state index is 12.8. The fourth-order valence-electron chi connectivity index (χ4n) is 4.87. The normalized spacial score (nSPS) is 16.0. The molecule has 0 saturated heterocycles. The highest BCUT2D eigenvalue weighted by molar-refractivity contribution is 5.76. The van der Waals surface area contributed by atoms with Gasteiger partial charge < -0.3 is 45.4 Å². The van der Waals surface area contributed by atoms with Gasteiger partial charge in [-0.25, -0.2) is 0 Å². The maximum absolute atomic E-state index is 12.8. The molecule has 0 heterocycles. The van der Waals surface area contributed by atoms with Gasteiger partial charge in [0.25, 0.3) is 0 Å². The number of carbonyl (C=O) groups is 1. The molecule has 0 aromatic heterocycles.